The number of nitrogens with zero attached hydrogens (tertiary/aromatic N) is 3. The van der Waals surface area contributed by atoms with Gasteiger partial charge in [-0.05, 0) is 54.7 Å². The molecule has 0 amide bonds. The van der Waals surface area contributed by atoms with Gasteiger partial charge in [-0.2, -0.15) is 0 Å². The highest BCUT2D eigenvalue weighted by Crippen LogP contribution is 2.30. The van der Waals surface area contributed by atoms with Crippen LogP contribution in [0.4, 0.5) is 10.1 Å². The molecule has 216 valence electrons. The zero-order chi connectivity index (χ0) is 29.4. The van der Waals surface area contributed by atoms with Crippen LogP contribution in [-0.2, 0) is 29.5 Å². The molecule has 0 bridgehead atoms. The molecule has 2 N–H and O–H groups in total. The van der Waals surface area contributed by atoms with Crippen LogP contribution in [-0.4, -0.2) is 34.6 Å². The first kappa shape index (κ1) is 27.5. The van der Waals surface area contributed by atoms with Crippen LogP contribution in [0, 0.1) is 11.7 Å². The highest BCUT2D eigenvalue weighted by Gasteiger charge is 2.26. The number of halogens is 1. The van der Waals surface area contributed by atoms with Gasteiger partial charge in [-0.1, -0.05) is 36.4 Å². The minimum absolute atomic E-state index is 0.0751. The van der Waals surface area contributed by atoms with Crippen LogP contribution in [0.5, 0.6) is 5.75 Å². The Kier molecular flexibility index (Phi) is 7.15. The Hall–Kier alpha value is -4.71. The number of H-pyrrole nitrogens is 1. The molecule has 0 radical (unpaired) electrons. The molecule has 0 atom stereocenters. The maximum atomic E-state index is 14.4. The van der Waals surface area contributed by atoms with E-state index >= 15 is 0 Å². The van der Waals surface area contributed by atoms with Crippen LogP contribution in [0.15, 0.2) is 87.3 Å². The van der Waals surface area contributed by atoms with Crippen LogP contribution in [0.25, 0.3) is 11.2 Å². The lowest BCUT2D eigenvalue weighted by molar-refractivity contribution is 0.413. The second-order valence-corrected chi connectivity index (χ2v) is 12.0. The van der Waals surface area contributed by atoms with Crippen molar-refractivity contribution in [2.45, 2.75) is 37.2 Å². The van der Waals surface area contributed by atoms with Crippen LogP contribution >= 0.6 is 0 Å². The fourth-order valence-corrected chi connectivity index (χ4v) is 5.92. The van der Waals surface area contributed by atoms with Crippen molar-refractivity contribution in [2.75, 3.05) is 11.8 Å². The van der Waals surface area contributed by atoms with E-state index in [-0.39, 0.29) is 28.2 Å². The van der Waals surface area contributed by atoms with Crippen molar-refractivity contribution in [3.05, 3.63) is 116 Å². The molecule has 3 aromatic carbocycles. The van der Waals surface area contributed by atoms with Gasteiger partial charge in [-0.3, -0.25) is 18.7 Å². The van der Waals surface area contributed by atoms with Crippen LogP contribution < -0.4 is 20.7 Å². The second kappa shape index (κ2) is 10.9. The first-order valence-corrected chi connectivity index (χ1v) is 14.9. The lowest BCUT2D eigenvalue weighted by Crippen LogP contribution is -2.40. The maximum Gasteiger partial charge on any atom is 0.333 e. The van der Waals surface area contributed by atoms with Gasteiger partial charge in [0.25, 0.3) is 15.6 Å². The topological polar surface area (TPSA) is 128 Å². The largest absolute Gasteiger partial charge is 0.497 e. The monoisotopic (exact) mass is 589 g/mol. The van der Waals surface area contributed by atoms with Crippen molar-refractivity contribution in [3.63, 3.8) is 0 Å². The fraction of sp³-hybridized carbons (Fsp3) is 0.233. The summed E-state index contributed by atoms with van der Waals surface area (Å²) in [5.41, 5.74) is 0.806. The number of imidazole rings is 1. The Morgan fingerprint density at radius 1 is 1.02 bits per heavy atom. The third-order valence-corrected chi connectivity index (χ3v) is 8.64. The molecule has 6 rings (SSSR count). The highest BCUT2D eigenvalue weighted by molar-refractivity contribution is 7.92. The number of sulfonamides is 1. The number of aromatic amines is 1. The van der Waals surface area contributed by atoms with Gasteiger partial charge in [0.2, 0.25) is 0 Å². The molecule has 0 unspecified atom stereocenters. The Bertz CT molecular complexity index is 2010. The number of rotatable bonds is 10. The van der Waals surface area contributed by atoms with E-state index < -0.39 is 27.1 Å². The van der Waals surface area contributed by atoms with Gasteiger partial charge >= 0.3 is 5.69 Å². The zero-order valence-corrected chi connectivity index (χ0v) is 23.5. The normalized spacial score (nSPS) is 13.4. The highest BCUT2D eigenvalue weighted by atomic mass is 32.2. The second-order valence-electron chi connectivity index (χ2n) is 10.4. The van der Waals surface area contributed by atoms with E-state index in [0.29, 0.717) is 36.1 Å². The molecule has 1 aliphatic carbocycles. The number of fused-ring (bicyclic) bond motifs is 1. The SMILES string of the molecule is COc1cccc(S(=O)(=O)Nc2ccc(Cc3nc4c([nH]3)c(=O)n(Cc3ccccc3F)c(=O)n4CC3CC3)cc2)c1. The number of aromatic nitrogens is 4. The van der Waals surface area contributed by atoms with Crippen molar-refractivity contribution in [3.8, 4) is 5.75 Å². The van der Waals surface area contributed by atoms with Gasteiger partial charge in [0.15, 0.2) is 5.65 Å². The first-order valence-electron chi connectivity index (χ1n) is 13.4. The maximum absolute atomic E-state index is 14.4. The van der Waals surface area contributed by atoms with Gasteiger partial charge in [0.1, 0.15) is 22.9 Å². The fourth-order valence-electron chi connectivity index (χ4n) is 4.82. The predicted molar refractivity (Wildman–Crippen MR) is 156 cm³/mol. The number of hydrogen-bond acceptors (Lipinski definition) is 6. The molecule has 2 aromatic heterocycles. The number of nitrogens with one attached hydrogen (secondary N) is 2. The Labute approximate surface area is 240 Å². The molecule has 2 heterocycles. The third-order valence-electron chi connectivity index (χ3n) is 7.26. The molecule has 0 spiro atoms. The Balaban J connectivity index is 1.28. The molecule has 1 fully saturated rings. The molecule has 1 aliphatic rings. The van der Waals surface area contributed by atoms with E-state index in [1.54, 1.807) is 54.6 Å². The zero-order valence-electron chi connectivity index (χ0n) is 22.7. The third kappa shape index (κ3) is 5.57. The summed E-state index contributed by atoms with van der Waals surface area (Å²) in [5.74, 6) is 0.746. The van der Waals surface area contributed by atoms with Crippen molar-refractivity contribution < 1.29 is 17.5 Å². The lowest BCUT2D eigenvalue weighted by atomic mass is 10.1. The van der Waals surface area contributed by atoms with E-state index in [2.05, 4.69) is 14.7 Å². The minimum Gasteiger partial charge on any atom is -0.497 e. The molecular formula is C30H28FN5O5S. The number of benzene rings is 3. The summed E-state index contributed by atoms with van der Waals surface area (Å²) in [4.78, 5) is 34.6. The quantitative estimate of drug-likeness (QED) is 0.255. The molecule has 5 aromatic rings. The van der Waals surface area contributed by atoms with Crippen molar-refractivity contribution in [1.82, 2.24) is 19.1 Å². The molecule has 0 saturated heterocycles. The number of hydrogen-bond donors (Lipinski definition) is 2. The molecular weight excluding hydrogens is 561 g/mol. The Morgan fingerprint density at radius 2 is 1.79 bits per heavy atom. The summed E-state index contributed by atoms with van der Waals surface area (Å²) in [6.45, 7) is 0.242. The lowest BCUT2D eigenvalue weighted by Gasteiger charge is -2.11. The summed E-state index contributed by atoms with van der Waals surface area (Å²) in [7, 11) is -2.36. The predicted octanol–water partition coefficient (Wildman–Crippen LogP) is 3.88. The van der Waals surface area contributed by atoms with E-state index in [1.165, 1.54) is 29.9 Å². The van der Waals surface area contributed by atoms with Gasteiger partial charge in [-0.15, -0.1) is 0 Å². The molecule has 0 aliphatic heterocycles. The first-order chi connectivity index (χ1) is 20.2. The average molecular weight is 590 g/mol. The van der Waals surface area contributed by atoms with E-state index in [0.717, 1.165) is 23.0 Å². The van der Waals surface area contributed by atoms with E-state index in [4.69, 9.17) is 4.74 Å². The standard InChI is InChI=1S/C30H28FN5O5S/c1-41-23-6-4-7-24(16-23)42(39,40)34-22-13-11-19(12-14-22)15-26-32-27-28(33-26)35(17-20-9-10-20)30(38)36(29(27)37)18-21-5-2-3-8-25(21)31/h2-8,11-14,16,20,34H,9-10,15,17-18H2,1H3,(H,32,33). The van der Waals surface area contributed by atoms with Crippen LogP contribution in [0.3, 0.4) is 0 Å². The van der Waals surface area contributed by atoms with Gasteiger partial charge < -0.3 is 9.72 Å². The summed E-state index contributed by atoms with van der Waals surface area (Å²) in [6.07, 6.45) is 2.29. The average Bonchev–Trinajstić information content (AvgIpc) is 3.72. The van der Waals surface area contributed by atoms with E-state index in [1.807, 2.05) is 0 Å². The molecule has 1 saturated carbocycles. The molecule has 10 nitrogen and oxygen atoms in total. The Morgan fingerprint density at radius 3 is 2.50 bits per heavy atom. The summed E-state index contributed by atoms with van der Waals surface area (Å²) < 4.78 is 50.2. The van der Waals surface area contributed by atoms with Gasteiger partial charge in [0, 0.05) is 30.3 Å². The smallest absolute Gasteiger partial charge is 0.333 e. The van der Waals surface area contributed by atoms with Gasteiger partial charge in [-0.25, -0.2) is 22.6 Å². The van der Waals surface area contributed by atoms with E-state index in [9.17, 15) is 22.4 Å². The van der Waals surface area contributed by atoms with Crippen molar-refractivity contribution in [1.29, 1.82) is 0 Å². The van der Waals surface area contributed by atoms with Gasteiger partial charge in [0.05, 0.1) is 18.6 Å². The van der Waals surface area contributed by atoms with Crippen molar-refractivity contribution in [2.24, 2.45) is 5.92 Å². The number of ether oxygens (including phenoxy) is 1. The summed E-state index contributed by atoms with van der Waals surface area (Å²) in [5, 5.41) is 0. The summed E-state index contributed by atoms with van der Waals surface area (Å²) in [6, 6.07) is 19.0. The van der Waals surface area contributed by atoms with Crippen LogP contribution in [0.1, 0.15) is 29.8 Å². The minimum atomic E-state index is -3.82. The molecule has 12 heteroatoms. The van der Waals surface area contributed by atoms with Crippen LogP contribution in [0.2, 0.25) is 0 Å². The van der Waals surface area contributed by atoms with Crippen molar-refractivity contribution >= 4 is 26.9 Å². The number of anilines is 1. The summed E-state index contributed by atoms with van der Waals surface area (Å²) >= 11 is 0. The molecule has 42 heavy (non-hydrogen) atoms. The number of methoxy groups -OCH3 is 1.